The molecule has 0 aliphatic carbocycles. The van der Waals surface area contributed by atoms with Crippen LogP contribution in [0.4, 0.5) is 4.39 Å². The van der Waals surface area contributed by atoms with Crippen molar-refractivity contribution in [3.8, 4) is 11.5 Å². The number of hydrogen-bond acceptors (Lipinski definition) is 3. The van der Waals surface area contributed by atoms with E-state index in [1.165, 1.54) is 23.7 Å². The molecule has 0 unspecified atom stereocenters. The summed E-state index contributed by atoms with van der Waals surface area (Å²) in [5, 5.41) is 11.9. The van der Waals surface area contributed by atoms with Gasteiger partial charge in [-0.05, 0) is 43.3 Å². The average molecular weight is 356 g/mol. The van der Waals surface area contributed by atoms with Crippen molar-refractivity contribution >= 4 is 22.8 Å². The lowest BCUT2D eigenvalue weighted by atomic mass is 10.2. The van der Waals surface area contributed by atoms with E-state index in [4.69, 9.17) is 9.84 Å². The summed E-state index contributed by atoms with van der Waals surface area (Å²) in [6.07, 6.45) is 0. The zero-order chi connectivity index (χ0) is 18.8. The molecule has 0 saturated heterocycles. The molecule has 2 aromatic carbocycles. The highest BCUT2D eigenvalue weighted by Crippen LogP contribution is 2.37. The van der Waals surface area contributed by atoms with Crippen LogP contribution in [0.2, 0.25) is 0 Å². The SMILES string of the molecule is CNC(=O)c1ccc(Oc2c(C)n(CC(=O)O)c3cccc(F)c23)cc1. The molecule has 0 radical (unpaired) electrons. The summed E-state index contributed by atoms with van der Waals surface area (Å²) in [5.74, 6) is -1.08. The number of ether oxygens (including phenoxy) is 1. The van der Waals surface area contributed by atoms with Gasteiger partial charge in [-0.2, -0.15) is 0 Å². The molecule has 1 aromatic heterocycles. The second-order valence-corrected chi connectivity index (χ2v) is 5.73. The number of nitrogens with one attached hydrogen (secondary N) is 1. The van der Waals surface area contributed by atoms with Crippen LogP contribution in [0.5, 0.6) is 11.5 Å². The second-order valence-electron chi connectivity index (χ2n) is 5.73. The molecule has 2 N–H and O–H groups in total. The van der Waals surface area contributed by atoms with E-state index in [1.54, 1.807) is 37.3 Å². The number of rotatable bonds is 5. The summed E-state index contributed by atoms with van der Waals surface area (Å²) in [4.78, 5) is 22.8. The van der Waals surface area contributed by atoms with Gasteiger partial charge in [0.2, 0.25) is 0 Å². The zero-order valence-electron chi connectivity index (χ0n) is 14.2. The van der Waals surface area contributed by atoms with E-state index in [-0.39, 0.29) is 23.6 Å². The van der Waals surface area contributed by atoms with Crippen LogP contribution < -0.4 is 10.1 Å². The molecule has 0 spiro atoms. The van der Waals surface area contributed by atoms with Crippen LogP contribution in [0, 0.1) is 12.7 Å². The number of aliphatic carboxylic acids is 1. The Balaban J connectivity index is 2.06. The summed E-state index contributed by atoms with van der Waals surface area (Å²) in [6, 6.07) is 10.9. The van der Waals surface area contributed by atoms with Crippen molar-refractivity contribution in [3.63, 3.8) is 0 Å². The Bertz CT molecular complexity index is 993. The first-order valence-corrected chi connectivity index (χ1v) is 7.91. The van der Waals surface area contributed by atoms with Crippen molar-refractivity contribution in [1.29, 1.82) is 0 Å². The molecule has 3 rings (SSSR count). The standard InChI is InChI=1S/C19H17FN2O4/c1-11-18(26-13-8-6-12(7-9-13)19(25)21-2)17-14(20)4-3-5-15(17)22(11)10-16(23)24/h3-9H,10H2,1-2H3,(H,21,25)(H,23,24). The minimum absolute atomic E-state index is 0.224. The largest absolute Gasteiger partial charge is 0.480 e. The summed E-state index contributed by atoms with van der Waals surface area (Å²) >= 11 is 0. The molecule has 26 heavy (non-hydrogen) atoms. The minimum atomic E-state index is -1.03. The monoisotopic (exact) mass is 356 g/mol. The molecule has 0 atom stereocenters. The van der Waals surface area contributed by atoms with E-state index < -0.39 is 11.8 Å². The number of carbonyl (C=O) groups excluding carboxylic acids is 1. The summed E-state index contributed by atoms with van der Waals surface area (Å²) in [5.41, 5.74) is 1.42. The van der Waals surface area contributed by atoms with Gasteiger partial charge in [-0.1, -0.05) is 6.07 Å². The maximum atomic E-state index is 14.4. The number of fused-ring (bicyclic) bond motifs is 1. The van der Waals surface area contributed by atoms with Gasteiger partial charge in [0.15, 0.2) is 5.75 Å². The summed E-state index contributed by atoms with van der Waals surface area (Å²) < 4.78 is 21.7. The molecule has 3 aromatic rings. The molecule has 0 aliphatic heterocycles. The van der Waals surface area contributed by atoms with Crippen molar-refractivity contribution in [2.45, 2.75) is 13.5 Å². The first-order chi connectivity index (χ1) is 12.4. The maximum Gasteiger partial charge on any atom is 0.323 e. The zero-order valence-corrected chi connectivity index (χ0v) is 14.2. The van der Waals surface area contributed by atoms with Crippen LogP contribution in [-0.2, 0) is 11.3 Å². The fraction of sp³-hybridized carbons (Fsp3) is 0.158. The number of benzene rings is 2. The molecule has 6 nitrogen and oxygen atoms in total. The van der Waals surface area contributed by atoms with Gasteiger partial charge < -0.3 is 19.7 Å². The summed E-state index contributed by atoms with van der Waals surface area (Å²) in [6.45, 7) is 1.38. The van der Waals surface area contributed by atoms with Gasteiger partial charge in [-0.25, -0.2) is 4.39 Å². The Morgan fingerprint density at radius 2 is 1.88 bits per heavy atom. The van der Waals surface area contributed by atoms with Crippen molar-refractivity contribution in [1.82, 2.24) is 9.88 Å². The molecule has 7 heteroatoms. The number of carboxylic acids is 1. The van der Waals surface area contributed by atoms with Crippen LogP contribution in [0.1, 0.15) is 16.1 Å². The molecule has 1 heterocycles. The fourth-order valence-electron chi connectivity index (χ4n) is 2.85. The molecule has 0 bridgehead atoms. The van der Waals surface area contributed by atoms with Gasteiger partial charge in [-0.15, -0.1) is 0 Å². The highest BCUT2D eigenvalue weighted by atomic mass is 19.1. The highest BCUT2D eigenvalue weighted by molar-refractivity contribution is 5.94. The Kier molecular flexibility index (Phi) is 4.62. The summed E-state index contributed by atoms with van der Waals surface area (Å²) in [7, 11) is 1.54. The lowest BCUT2D eigenvalue weighted by Crippen LogP contribution is -2.17. The lowest BCUT2D eigenvalue weighted by molar-refractivity contribution is -0.137. The number of amides is 1. The predicted octanol–water partition coefficient (Wildman–Crippen LogP) is 3.33. The second kappa shape index (κ2) is 6.87. The Labute approximate surface area is 148 Å². The molecular formula is C19H17FN2O4. The van der Waals surface area contributed by atoms with E-state index in [1.807, 2.05) is 0 Å². The molecule has 0 aliphatic rings. The van der Waals surface area contributed by atoms with E-state index in [9.17, 15) is 14.0 Å². The third kappa shape index (κ3) is 3.11. The highest BCUT2D eigenvalue weighted by Gasteiger charge is 2.20. The molecule has 134 valence electrons. The lowest BCUT2D eigenvalue weighted by Gasteiger charge is -2.08. The average Bonchev–Trinajstić information content (AvgIpc) is 2.88. The molecule has 0 fully saturated rings. The van der Waals surface area contributed by atoms with Crippen molar-refractivity contribution < 1.29 is 23.8 Å². The number of hydrogen-bond donors (Lipinski definition) is 2. The quantitative estimate of drug-likeness (QED) is 0.735. The van der Waals surface area contributed by atoms with Crippen LogP contribution in [0.3, 0.4) is 0 Å². The number of nitrogens with zero attached hydrogens (tertiary/aromatic N) is 1. The van der Waals surface area contributed by atoms with Gasteiger partial charge in [0.1, 0.15) is 18.1 Å². The fourth-order valence-corrected chi connectivity index (χ4v) is 2.85. The van der Waals surface area contributed by atoms with Gasteiger partial charge in [0.25, 0.3) is 5.91 Å². The molecular weight excluding hydrogens is 339 g/mol. The van der Waals surface area contributed by atoms with E-state index >= 15 is 0 Å². The Morgan fingerprint density at radius 3 is 2.50 bits per heavy atom. The first-order valence-electron chi connectivity index (χ1n) is 7.91. The molecule has 1 amide bonds. The third-order valence-electron chi connectivity index (χ3n) is 4.10. The van der Waals surface area contributed by atoms with Crippen molar-refractivity contribution in [2.75, 3.05) is 7.05 Å². The van der Waals surface area contributed by atoms with Crippen LogP contribution in [0.25, 0.3) is 10.9 Å². The predicted molar refractivity (Wildman–Crippen MR) is 94.2 cm³/mol. The van der Waals surface area contributed by atoms with Crippen LogP contribution in [-0.4, -0.2) is 28.6 Å². The minimum Gasteiger partial charge on any atom is -0.480 e. The third-order valence-corrected chi connectivity index (χ3v) is 4.10. The number of carboxylic acid groups (broad SMARTS) is 1. The number of carbonyl (C=O) groups is 2. The van der Waals surface area contributed by atoms with Crippen LogP contribution in [0.15, 0.2) is 42.5 Å². The Hall–Kier alpha value is -3.35. The van der Waals surface area contributed by atoms with E-state index in [2.05, 4.69) is 5.32 Å². The van der Waals surface area contributed by atoms with Crippen LogP contribution >= 0.6 is 0 Å². The smallest absolute Gasteiger partial charge is 0.323 e. The van der Waals surface area contributed by atoms with E-state index in [0.717, 1.165) is 0 Å². The Morgan fingerprint density at radius 1 is 1.19 bits per heavy atom. The number of aromatic nitrogens is 1. The maximum absolute atomic E-state index is 14.4. The van der Waals surface area contributed by atoms with Crippen molar-refractivity contribution in [2.24, 2.45) is 0 Å². The van der Waals surface area contributed by atoms with E-state index in [0.29, 0.717) is 22.5 Å². The van der Waals surface area contributed by atoms with Gasteiger partial charge >= 0.3 is 5.97 Å². The van der Waals surface area contributed by atoms with Gasteiger partial charge in [0, 0.05) is 12.6 Å². The normalized spacial score (nSPS) is 10.7. The molecule has 0 saturated carbocycles. The van der Waals surface area contributed by atoms with Crippen molar-refractivity contribution in [3.05, 3.63) is 59.5 Å². The van der Waals surface area contributed by atoms with Gasteiger partial charge in [0.05, 0.1) is 16.6 Å². The topological polar surface area (TPSA) is 80.6 Å². The number of halogens is 1. The first kappa shape index (κ1) is 17.5. The van der Waals surface area contributed by atoms with Gasteiger partial charge in [-0.3, -0.25) is 9.59 Å².